The first-order valence-corrected chi connectivity index (χ1v) is 16.3. The summed E-state index contributed by atoms with van der Waals surface area (Å²) in [7, 11) is -4.53. The molecule has 0 aliphatic carbocycles. The lowest BCUT2D eigenvalue weighted by molar-refractivity contribution is -0.120. The van der Waals surface area contributed by atoms with Crippen molar-refractivity contribution in [3.05, 3.63) is 131 Å². The molecule has 0 heterocycles. The zero-order valence-electron chi connectivity index (χ0n) is 25.2. The normalized spacial score (nSPS) is 12.3. The Labute approximate surface area is 267 Å². The van der Waals surface area contributed by atoms with Gasteiger partial charge in [0.2, 0.25) is 0 Å². The Morgan fingerprint density at radius 1 is 0.913 bits per heavy atom. The molecule has 46 heavy (non-hydrogen) atoms. The zero-order valence-corrected chi connectivity index (χ0v) is 26.0. The highest BCUT2D eigenvalue weighted by Gasteiger charge is 2.30. The lowest BCUT2D eigenvalue weighted by Crippen LogP contribution is -2.44. The van der Waals surface area contributed by atoms with Gasteiger partial charge in [-0.2, -0.15) is 0 Å². The molecule has 0 saturated carbocycles. The third-order valence-corrected chi connectivity index (χ3v) is 8.06. The molecule has 0 spiro atoms. The average Bonchev–Trinajstić information content (AvgIpc) is 3.04. The summed E-state index contributed by atoms with van der Waals surface area (Å²) in [5.41, 5.74) is 3.15. The second-order valence-electron chi connectivity index (χ2n) is 10.4. The first kappa shape index (κ1) is 34.1. The summed E-state index contributed by atoms with van der Waals surface area (Å²) in [4.78, 5) is 45.2. The fraction of sp³-hybridized carbons (Fsp3) is 0.200. The van der Waals surface area contributed by atoms with E-state index < -0.39 is 31.3 Å². The number of urea groups is 1. The Morgan fingerprint density at radius 3 is 2.35 bits per heavy atom. The summed E-state index contributed by atoms with van der Waals surface area (Å²) < 4.78 is 31.2. The number of benzene rings is 4. The number of carbonyl (C=O) groups is 2. The lowest BCUT2D eigenvalue weighted by atomic mass is 9.99. The van der Waals surface area contributed by atoms with Crippen molar-refractivity contribution >= 4 is 25.1 Å². The average molecular weight is 644 g/mol. The molecule has 0 bridgehead atoms. The van der Waals surface area contributed by atoms with Crippen LogP contribution in [0.1, 0.15) is 41.4 Å². The SMILES string of the molecule is CCC(=O)C(Cc1cccc(C#CCOc2cccc(C(NCc3ccccc3)P(=O)(O)O)c2)c1)NC(=O)Nc1ccc(F)cc1. The minimum Gasteiger partial charge on any atom is -0.481 e. The number of amides is 2. The van der Waals surface area contributed by atoms with Gasteiger partial charge in [0.05, 0.1) is 6.04 Å². The number of halogens is 1. The van der Waals surface area contributed by atoms with Crippen LogP contribution in [0.2, 0.25) is 0 Å². The largest absolute Gasteiger partial charge is 0.481 e. The Morgan fingerprint density at radius 2 is 1.63 bits per heavy atom. The van der Waals surface area contributed by atoms with Crippen LogP contribution >= 0.6 is 7.60 Å². The minimum atomic E-state index is -4.53. The van der Waals surface area contributed by atoms with Gasteiger partial charge in [0.1, 0.15) is 24.0 Å². The third kappa shape index (κ3) is 10.7. The van der Waals surface area contributed by atoms with Crippen LogP contribution in [0.3, 0.4) is 0 Å². The van der Waals surface area contributed by atoms with Crippen molar-refractivity contribution in [1.29, 1.82) is 0 Å². The molecule has 0 aliphatic rings. The summed E-state index contributed by atoms with van der Waals surface area (Å²) in [6, 6.07) is 27.1. The maximum Gasteiger partial charge on any atom is 0.346 e. The van der Waals surface area contributed by atoms with Crippen LogP contribution in [0.15, 0.2) is 103 Å². The fourth-order valence-electron chi connectivity index (χ4n) is 4.64. The van der Waals surface area contributed by atoms with E-state index in [9.17, 15) is 28.3 Å². The number of Topliss-reactive ketones (excluding diaryl/α,β-unsaturated/α-hetero) is 1. The fourth-order valence-corrected chi connectivity index (χ4v) is 5.51. The molecule has 11 heteroatoms. The molecule has 0 radical (unpaired) electrons. The van der Waals surface area contributed by atoms with Crippen LogP contribution < -0.4 is 20.7 Å². The van der Waals surface area contributed by atoms with E-state index in [1.54, 1.807) is 37.3 Å². The van der Waals surface area contributed by atoms with E-state index in [1.165, 1.54) is 24.3 Å². The Bertz CT molecular complexity index is 1730. The number of carbonyl (C=O) groups excluding carboxylic acids is 2. The minimum absolute atomic E-state index is 0.0216. The van der Waals surface area contributed by atoms with Crippen molar-refractivity contribution in [2.45, 2.75) is 38.1 Å². The van der Waals surface area contributed by atoms with Gasteiger partial charge >= 0.3 is 13.6 Å². The van der Waals surface area contributed by atoms with Gasteiger partial charge in [-0.3, -0.25) is 14.7 Å². The molecule has 2 unspecified atom stereocenters. The van der Waals surface area contributed by atoms with Gasteiger partial charge < -0.3 is 25.2 Å². The topological polar surface area (TPSA) is 137 Å². The molecule has 2 atom stereocenters. The van der Waals surface area contributed by atoms with Crippen LogP contribution in [0.4, 0.5) is 14.9 Å². The van der Waals surface area contributed by atoms with Crippen LogP contribution in [0.5, 0.6) is 5.75 Å². The number of ether oxygens (including phenoxy) is 1. The van der Waals surface area contributed by atoms with Gasteiger partial charge in [-0.25, -0.2) is 9.18 Å². The summed E-state index contributed by atoms with van der Waals surface area (Å²) in [5, 5.41) is 8.26. The number of hydrogen-bond acceptors (Lipinski definition) is 5. The number of hydrogen-bond donors (Lipinski definition) is 5. The molecule has 0 fully saturated rings. The van der Waals surface area contributed by atoms with Gasteiger partial charge in [-0.15, -0.1) is 0 Å². The molecule has 4 rings (SSSR count). The summed E-state index contributed by atoms with van der Waals surface area (Å²) >= 11 is 0. The first-order valence-electron chi connectivity index (χ1n) is 14.6. The molecule has 2 amide bonds. The first-order chi connectivity index (χ1) is 22.1. The molecule has 4 aromatic carbocycles. The smallest absolute Gasteiger partial charge is 0.346 e. The van der Waals surface area contributed by atoms with Crippen LogP contribution in [0, 0.1) is 17.7 Å². The van der Waals surface area contributed by atoms with Gasteiger partial charge in [-0.1, -0.05) is 73.4 Å². The molecule has 0 aromatic heterocycles. The van der Waals surface area contributed by atoms with E-state index >= 15 is 0 Å². The van der Waals surface area contributed by atoms with Gasteiger partial charge in [0, 0.05) is 24.2 Å². The van der Waals surface area contributed by atoms with E-state index in [1.807, 2.05) is 48.5 Å². The van der Waals surface area contributed by atoms with E-state index in [0.717, 1.165) is 11.1 Å². The second kappa shape index (κ2) is 16.5. The third-order valence-electron chi connectivity index (χ3n) is 6.91. The Balaban J connectivity index is 1.36. The van der Waals surface area contributed by atoms with Gasteiger partial charge in [0.25, 0.3) is 0 Å². The van der Waals surface area contributed by atoms with E-state index in [-0.39, 0.29) is 31.8 Å². The lowest BCUT2D eigenvalue weighted by Gasteiger charge is -2.21. The number of anilines is 1. The maximum atomic E-state index is 13.2. The van der Waals surface area contributed by atoms with Crippen molar-refractivity contribution in [2.24, 2.45) is 0 Å². The highest BCUT2D eigenvalue weighted by molar-refractivity contribution is 7.52. The molecule has 0 aliphatic heterocycles. The van der Waals surface area contributed by atoms with Crippen molar-refractivity contribution in [3.8, 4) is 17.6 Å². The molecule has 0 saturated heterocycles. The monoisotopic (exact) mass is 643 g/mol. The summed E-state index contributed by atoms with van der Waals surface area (Å²) in [6.45, 7) is 2.02. The number of nitrogens with one attached hydrogen (secondary N) is 3. The zero-order chi connectivity index (χ0) is 32.9. The Kier molecular flexibility index (Phi) is 12.2. The highest BCUT2D eigenvalue weighted by Crippen LogP contribution is 2.50. The van der Waals surface area contributed by atoms with Crippen molar-refractivity contribution in [2.75, 3.05) is 11.9 Å². The van der Waals surface area contributed by atoms with E-state index in [0.29, 0.717) is 22.6 Å². The van der Waals surface area contributed by atoms with Crippen molar-refractivity contribution < 1.29 is 33.1 Å². The number of rotatable bonds is 13. The predicted octanol–water partition coefficient (Wildman–Crippen LogP) is 5.93. The van der Waals surface area contributed by atoms with Crippen LogP contribution in [0.25, 0.3) is 0 Å². The van der Waals surface area contributed by atoms with Crippen LogP contribution in [-0.4, -0.2) is 34.2 Å². The van der Waals surface area contributed by atoms with Gasteiger partial charge in [-0.05, 0) is 71.6 Å². The van der Waals surface area contributed by atoms with Gasteiger partial charge in [0.15, 0.2) is 5.78 Å². The second-order valence-corrected chi connectivity index (χ2v) is 12.1. The number of ketones is 1. The quantitative estimate of drug-likeness (QED) is 0.0900. The predicted molar refractivity (Wildman–Crippen MR) is 175 cm³/mol. The van der Waals surface area contributed by atoms with Crippen molar-refractivity contribution in [1.82, 2.24) is 10.6 Å². The van der Waals surface area contributed by atoms with E-state index in [4.69, 9.17) is 4.74 Å². The van der Waals surface area contributed by atoms with Crippen molar-refractivity contribution in [3.63, 3.8) is 0 Å². The molecular weight excluding hydrogens is 608 g/mol. The standard InChI is InChI=1S/C35H35FN3O6P/c1-2-33(40)32(39-35(41)38-30-18-16-29(36)17-19-30)22-27-12-6-11-25(21-27)13-8-20-45-31-15-7-14-28(23-31)34(46(42,43)44)37-24-26-9-4-3-5-10-26/h3-7,9-12,14-19,21,23,32,34,37H,2,20,22,24H2,1H3,(H2,38,39,41)(H2,42,43,44). The molecule has 4 aromatic rings. The molecule has 9 nitrogen and oxygen atoms in total. The summed E-state index contributed by atoms with van der Waals surface area (Å²) in [6.07, 6.45) is 0.485. The van der Waals surface area contributed by atoms with Crippen LogP contribution in [-0.2, 0) is 22.3 Å². The summed E-state index contributed by atoms with van der Waals surface area (Å²) in [5.74, 6) is 4.59. The highest BCUT2D eigenvalue weighted by atomic mass is 31.2. The van der Waals surface area contributed by atoms with E-state index in [2.05, 4.69) is 27.8 Å². The Hall–Kier alpha value is -4.78. The molecule has 238 valence electrons. The molecule has 5 N–H and O–H groups in total. The maximum absolute atomic E-state index is 13.2. The molecular formula is C35H35FN3O6P.